The Balaban J connectivity index is 2.81. The van der Waals surface area contributed by atoms with Crippen molar-refractivity contribution >= 4 is 36.8 Å². The lowest BCUT2D eigenvalue weighted by Crippen LogP contribution is -2.19. The first kappa shape index (κ1) is 15.2. The molecule has 20 heavy (non-hydrogen) atoms. The molecule has 9 heteroatoms. The molecule has 1 atom stereocenters. The first-order valence-corrected chi connectivity index (χ1v) is 10.3. The normalized spacial score (nSPS) is 23.2. The molecule has 1 aromatic heterocycles. The minimum atomic E-state index is -3.52. The van der Waals surface area contributed by atoms with Crippen molar-refractivity contribution in [3.63, 3.8) is 0 Å². The Bertz CT molecular complexity index is 808. The lowest BCUT2D eigenvalue weighted by atomic mass is 10.4. The predicted octanol–water partition coefficient (Wildman–Crippen LogP) is 2.16. The minimum Gasteiger partial charge on any atom is -0.383 e. The predicted molar refractivity (Wildman–Crippen MR) is 85.3 cm³/mol. The molecule has 0 fully saturated rings. The highest BCUT2D eigenvalue weighted by atomic mass is 32.3. The molecule has 0 aromatic carbocycles. The number of hydrogen-bond acceptors (Lipinski definition) is 6. The van der Waals surface area contributed by atoms with Crippen molar-refractivity contribution in [1.82, 2.24) is 0 Å². The fourth-order valence-electron chi connectivity index (χ4n) is 1.73. The fourth-order valence-corrected chi connectivity index (χ4v) is 6.74. The first-order chi connectivity index (χ1) is 9.27. The number of rotatable bonds is 3. The van der Waals surface area contributed by atoms with Crippen LogP contribution in [0.1, 0.15) is 18.7 Å². The second-order valence-corrected chi connectivity index (χ2v) is 9.92. The quantitative estimate of drug-likeness (QED) is 0.918. The van der Waals surface area contributed by atoms with Gasteiger partial charge in [-0.2, -0.15) is 4.36 Å². The molecule has 0 bridgehead atoms. The molecule has 0 saturated heterocycles. The van der Waals surface area contributed by atoms with Crippen LogP contribution in [-0.4, -0.2) is 26.3 Å². The van der Waals surface area contributed by atoms with E-state index in [4.69, 9.17) is 5.73 Å². The summed E-state index contributed by atoms with van der Waals surface area (Å²) in [5.74, 6) is 1.26. The number of nitrogens with two attached hydrogens (primary N) is 1. The van der Waals surface area contributed by atoms with Crippen molar-refractivity contribution in [3.05, 3.63) is 33.1 Å². The van der Waals surface area contributed by atoms with Gasteiger partial charge in [0.1, 0.15) is 5.82 Å². The van der Waals surface area contributed by atoms with E-state index < -0.39 is 19.6 Å². The van der Waals surface area contributed by atoms with Crippen molar-refractivity contribution in [2.45, 2.75) is 13.8 Å². The van der Waals surface area contributed by atoms with E-state index in [9.17, 15) is 8.42 Å². The average molecular weight is 332 g/mol. The van der Waals surface area contributed by atoms with Crippen LogP contribution in [0.2, 0.25) is 0 Å². The van der Waals surface area contributed by atoms with Gasteiger partial charge in [-0.3, -0.25) is 0 Å². The average Bonchev–Trinajstić information content (AvgIpc) is 2.86. The number of nitrogens with zero attached hydrogens (tertiary/aromatic N) is 3. The molecule has 1 aromatic rings. The monoisotopic (exact) mass is 332 g/mol. The minimum absolute atomic E-state index is 0.313. The number of amidine groups is 1. The Morgan fingerprint density at radius 1 is 1.50 bits per heavy atom. The number of hydrogen-bond donors (Lipinski definition) is 1. The highest BCUT2D eigenvalue weighted by Crippen LogP contribution is 2.26. The summed E-state index contributed by atoms with van der Waals surface area (Å²) in [5.41, 5.74) is 5.95. The molecule has 0 radical (unpaired) electrons. The van der Waals surface area contributed by atoms with Crippen LogP contribution in [0.15, 0.2) is 41.4 Å². The van der Waals surface area contributed by atoms with Crippen LogP contribution in [0.3, 0.4) is 0 Å². The number of sulfonamides is 1. The van der Waals surface area contributed by atoms with Crippen molar-refractivity contribution in [2.24, 2.45) is 18.9 Å². The Labute approximate surface area is 123 Å². The van der Waals surface area contributed by atoms with Gasteiger partial charge < -0.3 is 5.73 Å². The van der Waals surface area contributed by atoms with Crippen molar-refractivity contribution in [3.8, 4) is 0 Å². The Morgan fingerprint density at radius 3 is 2.70 bits per heavy atom. The van der Waals surface area contributed by atoms with Gasteiger partial charge in [0.15, 0.2) is 5.84 Å². The maximum Gasteiger partial charge on any atom is 0.256 e. The van der Waals surface area contributed by atoms with E-state index in [-0.39, 0.29) is 0 Å². The van der Waals surface area contributed by atoms with Gasteiger partial charge in [-0.15, -0.1) is 15.1 Å². The van der Waals surface area contributed by atoms with Crippen LogP contribution in [0.5, 0.6) is 0 Å². The van der Waals surface area contributed by atoms with E-state index >= 15 is 0 Å². The molecule has 0 amide bonds. The van der Waals surface area contributed by atoms with Crippen LogP contribution in [0.4, 0.5) is 0 Å². The van der Waals surface area contributed by atoms with Gasteiger partial charge >= 0.3 is 0 Å². The SMILES string of the molecule is CCS1(=NS(C)(=O)=O)=NC(c2cccs2)=NC(N)=C1C. The van der Waals surface area contributed by atoms with E-state index in [0.29, 0.717) is 22.3 Å². The third-order valence-corrected chi connectivity index (χ3v) is 8.12. The van der Waals surface area contributed by atoms with E-state index in [1.54, 1.807) is 6.92 Å². The van der Waals surface area contributed by atoms with E-state index in [0.717, 1.165) is 11.1 Å². The first-order valence-electron chi connectivity index (χ1n) is 5.84. The lowest BCUT2D eigenvalue weighted by Gasteiger charge is -2.19. The van der Waals surface area contributed by atoms with Crippen molar-refractivity contribution in [1.29, 1.82) is 0 Å². The third kappa shape index (κ3) is 2.94. The number of aliphatic imine (C=N–C) groups is 1. The highest BCUT2D eigenvalue weighted by Gasteiger charge is 2.21. The molecule has 2 rings (SSSR count). The van der Waals surface area contributed by atoms with Crippen LogP contribution in [-0.2, 0) is 19.6 Å². The van der Waals surface area contributed by atoms with Gasteiger partial charge in [-0.1, -0.05) is 13.0 Å². The van der Waals surface area contributed by atoms with Crippen LogP contribution < -0.4 is 5.73 Å². The molecular weight excluding hydrogens is 316 g/mol. The van der Waals surface area contributed by atoms with Crippen LogP contribution in [0, 0.1) is 0 Å². The molecule has 1 aliphatic heterocycles. The fraction of sp³-hybridized carbons (Fsp3) is 0.364. The van der Waals surface area contributed by atoms with E-state index in [1.807, 2.05) is 24.4 Å². The van der Waals surface area contributed by atoms with Gasteiger partial charge in [0.05, 0.1) is 11.1 Å². The summed E-state index contributed by atoms with van der Waals surface area (Å²) < 4.78 is 31.7. The molecule has 2 N–H and O–H groups in total. The zero-order valence-electron chi connectivity index (χ0n) is 11.4. The zero-order chi connectivity index (χ0) is 15.0. The van der Waals surface area contributed by atoms with Crippen LogP contribution in [0.25, 0.3) is 0 Å². The zero-order valence-corrected chi connectivity index (χ0v) is 13.8. The van der Waals surface area contributed by atoms with Crippen molar-refractivity contribution < 1.29 is 8.42 Å². The summed E-state index contributed by atoms with van der Waals surface area (Å²) in [5, 5.41) is 1.91. The maximum absolute atomic E-state index is 11.6. The van der Waals surface area contributed by atoms with Gasteiger partial charge in [-0.05, 0) is 28.0 Å². The Kier molecular flexibility index (Phi) is 4.03. The second kappa shape index (κ2) is 5.30. The van der Waals surface area contributed by atoms with E-state index in [1.165, 1.54) is 11.3 Å². The van der Waals surface area contributed by atoms with Crippen molar-refractivity contribution in [2.75, 3.05) is 12.0 Å². The molecular formula is C11H16N4O2S3. The molecule has 1 aliphatic rings. The molecule has 110 valence electrons. The number of thiophene rings is 1. The van der Waals surface area contributed by atoms with Gasteiger partial charge in [0.2, 0.25) is 0 Å². The molecule has 2 heterocycles. The van der Waals surface area contributed by atoms with Gasteiger partial charge in [-0.25, -0.2) is 13.4 Å². The highest BCUT2D eigenvalue weighted by molar-refractivity contribution is 8.06. The molecule has 0 aliphatic carbocycles. The van der Waals surface area contributed by atoms with Crippen LogP contribution >= 0.6 is 11.3 Å². The summed E-state index contributed by atoms with van der Waals surface area (Å²) in [4.78, 5) is 5.76. The second-order valence-electron chi connectivity index (χ2n) is 4.21. The topological polar surface area (TPSA) is 97.2 Å². The summed E-state index contributed by atoms with van der Waals surface area (Å²) >= 11 is 1.48. The molecule has 0 saturated carbocycles. The smallest absolute Gasteiger partial charge is 0.256 e. The third-order valence-electron chi connectivity index (χ3n) is 2.72. The summed E-state index contributed by atoms with van der Waals surface area (Å²) in [6, 6.07) is 3.76. The molecule has 6 nitrogen and oxygen atoms in total. The maximum atomic E-state index is 11.6. The van der Waals surface area contributed by atoms with Gasteiger partial charge in [0.25, 0.3) is 10.0 Å². The Morgan fingerprint density at radius 2 is 2.20 bits per heavy atom. The number of allylic oxidation sites excluding steroid dienone is 1. The Hall–Kier alpha value is -1.19. The largest absolute Gasteiger partial charge is 0.383 e. The standard InChI is InChI=1S/C11H16N4O2S3/c1-4-20(15-19(3,16)17)8(2)10(12)13-11(14-20)9-6-5-7-18-9/h5-7H,4H2,1-3H3,(H2,12,13,14,15). The summed E-state index contributed by atoms with van der Waals surface area (Å²) in [7, 11) is -5.72. The van der Waals surface area contributed by atoms with Gasteiger partial charge in [0, 0.05) is 10.7 Å². The lowest BCUT2D eigenvalue weighted by molar-refractivity contribution is 0.604. The summed E-state index contributed by atoms with van der Waals surface area (Å²) in [6.07, 6.45) is 1.08. The summed E-state index contributed by atoms with van der Waals surface area (Å²) in [6.45, 7) is 3.61. The van der Waals surface area contributed by atoms with E-state index in [2.05, 4.69) is 13.1 Å². The molecule has 0 spiro atoms. The molecule has 1 unspecified atom stereocenters.